The van der Waals surface area contributed by atoms with Crippen LogP contribution in [0.15, 0.2) is 46.0 Å². The number of fused-ring (bicyclic) bond motifs is 1. The number of carbonyl (C=O) groups is 3. The zero-order valence-electron chi connectivity index (χ0n) is 26.2. The van der Waals surface area contributed by atoms with Gasteiger partial charge >= 0.3 is 11.8 Å². The molecule has 0 spiro atoms. The van der Waals surface area contributed by atoms with Crippen LogP contribution < -0.4 is 26.8 Å². The number of alkyl carbamates (subject to hydrolysis) is 1. The Balaban J connectivity index is 1.73. The number of ketones is 1. The molecule has 0 radical (unpaired) electrons. The number of anilines is 2. The highest BCUT2D eigenvalue weighted by Crippen LogP contribution is 2.24. The number of para-hydroxylation sites is 1. The minimum Gasteiger partial charge on any atom is -0.444 e. The number of amides is 2. The first-order chi connectivity index (χ1) is 20.8. The Morgan fingerprint density at radius 3 is 2.55 bits per heavy atom. The molecule has 13 heteroatoms. The number of imidazole rings is 1. The second-order valence-corrected chi connectivity index (χ2v) is 11.8. The number of aromatic nitrogens is 4. The van der Waals surface area contributed by atoms with Crippen molar-refractivity contribution in [3.05, 3.63) is 62.8 Å². The van der Waals surface area contributed by atoms with Gasteiger partial charge in [-0.25, -0.2) is 9.59 Å². The van der Waals surface area contributed by atoms with Crippen molar-refractivity contribution in [2.45, 2.75) is 78.6 Å². The molecule has 3 heterocycles. The van der Waals surface area contributed by atoms with Crippen molar-refractivity contribution in [3.63, 3.8) is 0 Å². The summed E-state index contributed by atoms with van der Waals surface area (Å²) >= 11 is 0. The third-order valence-corrected chi connectivity index (χ3v) is 7.29. The number of hydrogen-bond donors (Lipinski definition) is 2. The quantitative estimate of drug-likeness (QED) is 0.278. The minimum absolute atomic E-state index is 0.183. The first-order valence-electron chi connectivity index (χ1n) is 14.8. The summed E-state index contributed by atoms with van der Waals surface area (Å²) in [7, 11) is 1.51. The van der Waals surface area contributed by atoms with Crippen molar-refractivity contribution in [2.75, 3.05) is 23.3 Å². The van der Waals surface area contributed by atoms with E-state index in [1.54, 1.807) is 56.5 Å². The minimum atomic E-state index is -0.684. The zero-order valence-corrected chi connectivity index (χ0v) is 26.2. The monoisotopic (exact) mass is 607 g/mol. The molecular weight excluding hydrogens is 566 g/mol. The van der Waals surface area contributed by atoms with Crippen LogP contribution in [0.5, 0.6) is 0 Å². The molecule has 2 amide bonds. The van der Waals surface area contributed by atoms with Gasteiger partial charge in [0.2, 0.25) is 11.9 Å². The van der Waals surface area contributed by atoms with Crippen LogP contribution in [-0.4, -0.2) is 61.2 Å². The van der Waals surface area contributed by atoms with Gasteiger partial charge in [-0.15, -0.1) is 0 Å². The highest BCUT2D eigenvalue weighted by Gasteiger charge is 2.29. The summed E-state index contributed by atoms with van der Waals surface area (Å²) in [5.41, 5.74) is -1.06. The Bertz CT molecular complexity index is 1710. The van der Waals surface area contributed by atoms with Crippen molar-refractivity contribution >= 4 is 40.6 Å². The van der Waals surface area contributed by atoms with E-state index in [0.717, 1.165) is 17.4 Å². The standard InChI is InChI=1S/C31H41N7O6/c1-7-9-17-37-25-26(34-28(37)36-16-12-13-20(18-36)32-29(42)44-31(3,4)5)35(6)30(43)38(27(25)41)19-23(39)21-14-10-11-15-22(21)33-24(40)8-2/h7,9-11,14-15,20H,8,12-13,16-19H2,1-6H3,(H,32,42)(H,33,40)/t20-/m0/s1. The van der Waals surface area contributed by atoms with E-state index in [0.29, 0.717) is 31.3 Å². The number of benzene rings is 1. The topological polar surface area (TPSA) is 150 Å². The maximum absolute atomic E-state index is 14.0. The molecular formula is C31H41N7O6. The number of Topliss-reactive ketones (excluding diaryl/α,β-unsaturated/α-hetero) is 1. The molecule has 2 aromatic heterocycles. The van der Waals surface area contributed by atoms with E-state index in [1.807, 2.05) is 24.0 Å². The van der Waals surface area contributed by atoms with Gasteiger partial charge in [0.05, 0.1) is 12.2 Å². The lowest BCUT2D eigenvalue weighted by Gasteiger charge is -2.34. The second kappa shape index (κ2) is 13.3. The van der Waals surface area contributed by atoms with Crippen LogP contribution in [-0.2, 0) is 29.7 Å². The van der Waals surface area contributed by atoms with E-state index >= 15 is 0 Å². The van der Waals surface area contributed by atoms with E-state index in [9.17, 15) is 24.0 Å². The Morgan fingerprint density at radius 1 is 1.14 bits per heavy atom. The predicted molar refractivity (Wildman–Crippen MR) is 168 cm³/mol. The number of nitrogens with one attached hydrogen (secondary N) is 2. The Labute approximate surface area is 255 Å². The summed E-state index contributed by atoms with van der Waals surface area (Å²) in [5, 5.41) is 5.63. The zero-order chi connectivity index (χ0) is 32.2. The second-order valence-electron chi connectivity index (χ2n) is 11.8. The normalized spacial score (nSPS) is 15.5. The van der Waals surface area contributed by atoms with Gasteiger partial charge in [-0.05, 0) is 52.7 Å². The Morgan fingerprint density at radius 2 is 1.86 bits per heavy atom. The molecule has 1 atom stereocenters. The van der Waals surface area contributed by atoms with Crippen LogP contribution in [0.1, 0.15) is 64.2 Å². The molecule has 1 saturated heterocycles. The summed E-state index contributed by atoms with van der Waals surface area (Å²) < 4.78 is 9.35. The lowest BCUT2D eigenvalue weighted by molar-refractivity contribution is -0.115. The molecule has 1 aliphatic heterocycles. The molecule has 3 aromatic rings. The fourth-order valence-electron chi connectivity index (χ4n) is 5.18. The average molecular weight is 608 g/mol. The molecule has 13 nitrogen and oxygen atoms in total. The molecule has 2 N–H and O–H groups in total. The van der Waals surface area contributed by atoms with Crippen molar-refractivity contribution in [1.82, 2.24) is 24.0 Å². The predicted octanol–water partition coefficient (Wildman–Crippen LogP) is 3.20. The molecule has 0 aliphatic carbocycles. The highest BCUT2D eigenvalue weighted by molar-refractivity contribution is 6.04. The smallest absolute Gasteiger partial charge is 0.407 e. The van der Waals surface area contributed by atoms with Crippen molar-refractivity contribution in [3.8, 4) is 0 Å². The van der Waals surface area contributed by atoms with Gasteiger partial charge in [0.1, 0.15) is 5.60 Å². The van der Waals surface area contributed by atoms with Crippen LogP contribution in [0.4, 0.5) is 16.4 Å². The number of nitrogens with zero attached hydrogens (tertiary/aromatic N) is 5. The summed E-state index contributed by atoms with van der Waals surface area (Å²) in [4.78, 5) is 72.0. The molecule has 236 valence electrons. The molecule has 0 unspecified atom stereocenters. The Hall–Kier alpha value is -4.68. The van der Waals surface area contributed by atoms with Gasteiger partial charge in [-0.2, -0.15) is 4.98 Å². The molecule has 0 bridgehead atoms. The number of rotatable bonds is 9. The maximum Gasteiger partial charge on any atom is 0.407 e. The van der Waals surface area contributed by atoms with Gasteiger partial charge in [-0.1, -0.05) is 31.2 Å². The SMILES string of the molecule is CC=CCn1c(N2CCC[C@H](NC(=O)OC(C)(C)C)C2)nc2c1c(=O)n(CC(=O)c1ccccc1NC(=O)CC)c(=O)n2C. The van der Waals surface area contributed by atoms with E-state index in [2.05, 4.69) is 10.6 Å². The summed E-state index contributed by atoms with van der Waals surface area (Å²) in [5.74, 6) is -0.276. The fourth-order valence-corrected chi connectivity index (χ4v) is 5.18. The van der Waals surface area contributed by atoms with Crippen LogP contribution in [0.2, 0.25) is 0 Å². The van der Waals surface area contributed by atoms with Gasteiger partial charge < -0.3 is 24.8 Å². The number of hydrogen-bond acceptors (Lipinski definition) is 8. The number of ether oxygens (including phenoxy) is 1. The van der Waals surface area contributed by atoms with Gasteiger partial charge in [-0.3, -0.25) is 23.5 Å². The number of carbonyl (C=O) groups excluding carboxylic acids is 3. The van der Waals surface area contributed by atoms with Crippen LogP contribution in [0.25, 0.3) is 11.2 Å². The van der Waals surface area contributed by atoms with E-state index < -0.39 is 35.3 Å². The van der Waals surface area contributed by atoms with Crippen molar-refractivity contribution in [1.29, 1.82) is 0 Å². The highest BCUT2D eigenvalue weighted by atomic mass is 16.6. The molecule has 1 aromatic carbocycles. The van der Waals surface area contributed by atoms with Crippen LogP contribution in [0.3, 0.4) is 0 Å². The van der Waals surface area contributed by atoms with Crippen molar-refractivity contribution in [2.24, 2.45) is 7.05 Å². The van der Waals surface area contributed by atoms with Gasteiger partial charge in [0.15, 0.2) is 16.9 Å². The lowest BCUT2D eigenvalue weighted by atomic mass is 10.1. The third-order valence-electron chi connectivity index (χ3n) is 7.29. The number of allylic oxidation sites excluding steroid dienone is 2. The number of aryl methyl sites for hydroxylation is 1. The first kappa shape index (κ1) is 32.2. The maximum atomic E-state index is 14.0. The number of piperidine rings is 1. The first-order valence-corrected chi connectivity index (χ1v) is 14.8. The summed E-state index contributed by atoms with van der Waals surface area (Å²) in [6, 6.07) is 6.29. The molecule has 1 aliphatic rings. The molecule has 4 rings (SSSR count). The molecule has 0 saturated carbocycles. The van der Waals surface area contributed by atoms with Crippen LogP contribution >= 0.6 is 0 Å². The largest absolute Gasteiger partial charge is 0.444 e. The van der Waals surface area contributed by atoms with Crippen molar-refractivity contribution < 1.29 is 19.1 Å². The average Bonchev–Trinajstić information content (AvgIpc) is 3.36. The van der Waals surface area contributed by atoms with Gasteiger partial charge in [0, 0.05) is 44.7 Å². The van der Waals surface area contributed by atoms with Gasteiger partial charge in [0.25, 0.3) is 5.56 Å². The molecule has 44 heavy (non-hydrogen) atoms. The third kappa shape index (κ3) is 7.09. The molecule has 1 fully saturated rings. The Kier molecular flexibility index (Phi) is 9.75. The van der Waals surface area contributed by atoms with E-state index in [4.69, 9.17) is 9.72 Å². The summed E-state index contributed by atoms with van der Waals surface area (Å²) in [6.45, 7) is 9.82. The van der Waals surface area contributed by atoms with E-state index in [-0.39, 0.29) is 35.1 Å². The summed E-state index contributed by atoms with van der Waals surface area (Å²) in [6.07, 6.45) is 4.96. The van der Waals surface area contributed by atoms with E-state index in [1.165, 1.54) is 11.6 Å². The van der Waals surface area contributed by atoms with Crippen LogP contribution in [0, 0.1) is 0 Å². The fraction of sp³-hybridized carbons (Fsp3) is 0.484. The lowest BCUT2D eigenvalue weighted by Crippen LogP contribution is -2.49.